The summed E-state index contributed by atoms with van der Waals surface area (Å²) in [6.45, 7) is 0. The highest BCUT2D eigenvalue weighted by Gasteiger charge is 1.98. The van der Waals surface area contributed by atoms with Gasteiger partial charge in [0, 0.05) is 8.95 Å². The lowest BCUT2D eigenvalue weighted by molar-refractivity contribution is 0.415. The maximum Gasteiger partial charge on any atom is 0.138 e. The van der Waals surface area contributed by atoms with Crippen LogP contribution in [0.5, 0.6) is 11.5 Å². The Morgan fingerprint density at radius 1 is 0.947 bits per heavy atom. The molecule has 0 aliphatic rings. The molecule has 0 amide bonds. The summed E-state index contributed by atoms with van der Waals surface area (Å²) in [6.07, 6.45) is 0. The quantitative estimate of drug-likeness (QED) is 0.611. The van der Waals surface area contributed by atoms with Gasteiger partial charge in [0.1, 0.15) is 11.5 Å². The number of phenols is 1. The van der Waals surface area contributed by atoms with Gasteiger partial charge in [-0.2, -0.15) is 0 Å². The molecular formula is C13H10Br2Cl2O2. The van der Waals surface area contributed by atoms with Crippen molar-refractivity contribution in [2.24, 2.45) is 0 Å². The summed E-state index contributed by atoms with van der Waals surface area (Å²) >= 11 is 17.7. The van der Waals surface area contributed by atoms with Crippen LogP contribution >= 0.6 is 55.1 Å². The molecule has 0 aromatic heterocycles. The van der Waals surface area contributed by atoms with E-state index in [0.29, 0.717) is 15.8 Å². The summed E-state index contributed by atoms with van der Waals surface area (Å²) in [5.41, 5.74) is 0. The highest BCUT2D eigenvalue weighted by molar-refractivity contribution is 9.10. The Labute approximate surface area is 138 Å². The van der Waals surface area contributed by atoms with E-state index in [1.807, 2.05) is 12.1 Å². The number of methoxy groups -OCH3 is 1. The maximum absolute atomic E-state index is 8.94. The van der Waals surface area contributed by atoms with Gasteiger partial charge in [0.2, 0.25) is 0 Å². The Morgan fingerprint density at radius 3 is 1.89 bits per heavy atom. The minimum atomic E-state index is 0.103. The molecule has 0 saturated carbocycles. The zero-order valence-electron chi connectivity index (χ0n) is 9.83. The van der Waals surface area contributed by atoms with Gasteiger partial charge in [0.05, 0.1) is 17.2 Å². The van der Waals surface area contributed by atoms with Crippen LogP contribution in [0.15, 0.2) is 45.3 Å². The molecule has 0 fully saturated rings. The molecule has 2 aromatic rings. The molecule has 6 heteroatoms. The van der Waals surface area contributed by atoms with Gasteiger partial charge in [-0.3, -0.25) is 0 Å². The second kappa shape index (κ2) is 8.00. The van der Waals surface area contributed by atoms with Crippen molar-refractivity contribution in [2.75, 3.05) is 7.11 Å². The molecule has 0 aliphatic heterocycles. The van der Waals surface area contributed by atoms with E-state index >= 15 is 0 Å². The minimum absolute atomic E-state index is 0.103. The van der Waals surface area contributed by atoms with Crippen molar-refractivity contribution in [1.82, 2.24) is 0 Å². The Balaban J connectivity index is 0.000000191. The van der Waals surface area contributed by atoms with Crippen LogP contribution in [0, 0.1) is 0 Å². The van der Waals surface area contributed by atoms with E-state index in [0.717, 1.165) is 8.95 Å². The van der Waals surface area contributed by atoms with Crippen molar-refractivity contribution in [3.8, 4) is 11.5 Å². The van der Waals surface area contributed by atoms with Crippen LogP contribution < -0.4 is 4.74 Å². The van der Waals surface area contributed by atoms with Crippen LogP contribution in [0.1, 0.15) is 0 Å². The number of phenolic OH excluding ortho intramolecular Hbond substituents is 1. The average Bonchev–Trinajstić information content (AvgIpc) is 2.38. The third-order valence-electron chi connectivity index (χ3n) is 2.02. The van der Waals surface area contributed by atoms with E-state index < -0.39 is 0 Å². The molecule has 0 heterocycles. The molecule has 0 radical (unpaired) electrons. The van der Waals surface area contributed by atoms with E-state index in [9.17, 15) is 0 Å². The van der Waals surface area contributed by atoms with Crippen molar-refractivity contribution >= 4 is 55.1 Å². The molecule has 0 aliphatic carbocycles. The molecule has 102 valence electrons. The third kappa shape index (κ3) is 5.61. The maximum atomic E-state index is 8.94. The molecule has 0 bridgehead atoms. The van der Waals surface area contributed by atoms with Crippen molar-refractivity contribution in [1.29, 1.82) is 0 Å². The molecule has 2 nitrogen and oxygen atoms in total. The SMILES string of the molecule is COc1cc(Br)ccc1Cl.Oc1cc(Br)ccc1Cl. The highest BCUT2D eigenvalue weighted by atomic mass is 79.9. The number of hydrogen-bond donors (Lipinski definition) is 1. The van der Waals surface area contributed by atoms with Crippen LogP contribution in [0.3, 0.4) is 0 Å². The molecule has 2 aromatic carbocycles. The third-order valence-corrected chi connectivity index (χ3v) is 3.64. The highest BCUT2D eigenvalue weighted by Crippen LogP contribution is 2.27. The summed E-state index contributed by atoms with van der Waals surface area (Å²) in [4.78, 5) is 0. The van der Waals surface area contributed by atoms with Crippen LogP contribution in [0.4, 0.5) is 0 Å². The number of halogens is 4. The van der Waals surface area contributed by atoms with E-state index in [-0.39, 0.29) is 5.75 Å². The van der Waals surface area contributed by atoms with Gasteiger partial charge in [-0.1, -0.05) is 55.1 Å². The second-order valence-corrected chi connectivity index (χ2v) is 6.02. The van der Waals surface area contributed by atoms with Gasteiger partial charge in [-0.15, -0.1) is 0 Å². The largest absolute Gasteiger partial charge is 0.506 e. The monoisotopic (exact) mass is 426 g/mol. The number of benzene rings is 2. The summed E-state index contributed by atoms with van der Waals surface area (Å²) in [7, 11) is 1.59. The Morgan fingerprint density at radius 2 is 1.47 bits per heavy atom. The zero-order valence-corrected chi connectivity index (χ0v) is 14.5. The summed E-state index contributed by atoms with van der Waals surface area (Å²) in [6, 6.07) is 10.4. The molecule has 2 rings (SSSR count). The lowest BCUT2D eigenvalue weighted by Gasteiger charge is -2.01. The molecule has 0 atom stereocenters. The zero-order chi connectivity index (χ0) is 14.4. The van der Waals surface area contributed by atoms with Crippen LogP contribution in [0.25, 0.3) is 0 Å². The van der Waals surface area contributed by atoms with Gasteiger partial charge >= 0.3 is 0 Å². The fourth-order valence-electron chi connectivity index (χ4n) is 1.12. The van der Waals surface area contributed by atoms with E-state index in [4.69, 9.17) is 33.0 Å². The average molecular weight is 429 g/mol. The standard InChI is InChI=1S/C7H6BrClO.C6H4BrClO/c1-10-7-4-5(8)2-3-6(7)9;7-4-1-2-5(8)6(9)3-4/h2-4H,1H3;1-3,9H. The van der Waals surface area contributed by atoms with Gasteiger partial charge in [0.15, 0.2) is 0 Å². The fraction of sp³-hybridized carbons (Fsp3) is 0.0769. The predicted molar refractivity (Wildman–Crippen MR) is 86.5 cm³/mol. The van der Waals surface area contributed by atoms with Gasteiger partial charge in [0.25, 0.3) is 0 Å². The molecule has 0 spiro atoms. The van der Waals surface area contributed by atoms with E-state index in [1.54, 1.807) is 31.4 Å². The number of aromatic hydroxyl groups is 1. The van der Waals surface area contributed by atoms with Crippen molar-refractivity contribution in [2.45, 2.75) is 0 Å². The number of hydrogen-bond acceptors (Lipinski definition) is 2. The molecule has 1 N–H and O–H groups in total. The van der Waals surface area contributed by atoms with Crippen molar-refractivity contribution in [3.05, 3.63) is 55.4 Å². The van der Waals surface area contributed by atoms with E-state index in [2.05, 4.69) is 31.9 Å². The van der Waals surface area contributed by atoms with Gasteiger partial charge in [-0.05, 0) is 36.4 Å². The lowest BCUT2D eigenvalue weighted by atomic mass is 10.3. The lowest BCUT2D eigenvalue weighted by Crippen LogP contribution is -1.82. The van der Waals surface area contributed by atoms with Crippen LogP contribution in [0.2, 0.25) is 10.0 Å². The van der Waals surface area contributed by atoms with Crippen LogP contribution in [-0.2, 0) is 0 Å². The summed E-state index contributed by atoms with van der Waals surface area (Å²) < 4.78 is 6.75. The Bertz CT molecular complexity index is 562. The second-order valence-electron chi connectivity index (χ2n) is 3.37. The topological polar surface area (TPSA) is 29.5 Å². The minimum Gasteiger partial charge on any atom is -0.506 e. The number of rotatable bonds is 1. The smallest absolute Gasteiger partial charge is 0.138 e. The first kappa shape index (κ1) is 16.6. The summed E-state index contributed by atoms with van der Waals surface area (Å²) in [5, 5.41) is 9.94. The van der Waals surface area contributed by atoms with Crippen molar-refractivity contribution < 1.29 is 9.84 Å². The van der Waals surface area contributed by atoms with Gasteiger partial charge < -0.3 is 9.84 Å². The number of ether oxygens (including phenoxy) is 1. The normalized spacial score (nSPS) is 9.53. The predicted octanol–water partition coefficient (Wildman–Crippen LogP) is 5.92. The van der Waals surface area contributed by atoms with Gasteiger partial charge in [-0.25, -0.2) is 0 Å². The molecule has 0 saturated heterocycles. The fourth-order valence-corrected chi connectivity index (χ4v) is 2.12. The van der Waals surface area contributed by atoms with Crippen LogP contribution in [-0.4, -0.2) is 12.2 Å². The molecule has 19 heavy (non-hydrogen) atoms. The Hall–Kier alpha value is -0.420. The summed E-state index contributed by atoms with van der Waals surface area (Å²) in [5.74, 6) is 0.794. The molecular weight excluding hydrogens is 419 g/mol. The first-order chi connectivity index (χ1) is 8.93. The van der Waals surface area contributed by atoms with E-state index in [1.165, 1.54) is 0 Å². The molecule has 0 unspecified atom stereocenters. The first-order valence-corrected chi connectivity index (χ1v) is 7.41. The first-order valence-electron chi connectivity index (χ1n) is 5.07. The Kier molecular flexibility index (Phi) is 7.00. The van der Waals surface area contributed by atoms with Crippen molar-refractivity contribution in [3.63, 3.8) is 0 Å².